The van der Waals surface area contributed by atoms with Crippen LogP contribution in [0.4, 0.5) is 15.9 Å². The number of carbonyl (C=O) groups excluding carboxylic acids is 1. The number of carbonyl (C=O) groups is 1. The van der Waals surface area contributed by atoms with Crippen molar-refractivity contribution in [3.63, 3.8) is 0 Å². The molecule has 7 nitrogen and oxygen atoms in total. The Hall–Kier alpha value is -4.07. The van der Waals surface area contributed by atoms with E-state index in [0.717, 1.165) is 30.0 Å². The summed E-state index contributed by atoms with van der Waals surface area (Å²) in [5.74, 6) is 0.218. The molecule has 8 heteroatoms. The van der Waals surface area contributed by atoms with E-state index in [1.165, 1.54) is 12.1 Å². The van der Waals surface area contributed by atoms with Crippen molar-refractivity contribution in [2.24, 2.45) is 0 Å². The third-order valence-corrected chi connectivity index (χ3v) is 5.98. The average Bonchev–Trinajstić information content (AvgIpc) is 3.24. The van der Waals surface area contributed by atoms with E-state index in [1.54, 1.807) is 27.9 Å². The Kier molecular flexibility index (Phi) is 7.50. The van der Waals surface area contributed by atoms with Gasteiger partial charge in [0, 0.05) is 25.0 Å². The van der Waals surface area contributed by atoms with Gasteiger partial charge in [-0.2, -0.15) is 0 Å². The van der Waals surface area contributed by atoms with Crippen LogP contribution in [-0.4, -0.2) is 39.0 Å². The monoisotopic (exact) mass is 472 g/mol. The molecule has 0 N–H and O–H groups in total. The summed E-state index contributed by atoms with van der Waals surface area (Å²) < 4.78 is 15.3. The van der Waals surface area contributed by atoms with Crippen LogP contribution in [0.25, 0.3) is 0 Å². The highest BCUT2D eigenvalue weighted by Crippen LogP contribution is 2.22. The van der Waals surface area contributed by atoms with Gasteiger partial charge >= 0.3 is 0 Å². The summed E-state index contributed by atoms with van der Waals surface area (Å²) >= 11 is 0. The van der Waals surface area contributed by atoms with Crippen molar-refractivity contribution < 1.29 is 9.18 Å². The first-order chi connectivity index (χ1) is 17.0. The number of hydrogen-bond donors (Lipinski definition) is 0. The normalized spacial score (nSPS) is 10.9. The predicted molar refractivity (Wildman–Crippen MR) is 135 cm³/mol. The van der Waals surface area contributed by atoms with Crippen LogP contribution in [-0.2, 0) is 13.1 Å². The van der Waals surface area contributed by atoms with Crippen LogP contribution in [0.15, 0.2) is 72.9 Å². The molecule has 0 spiro atoms. The molecule has 35 heavy (non-hydrogen) atoms. The maximum absolute atomic E-state index is 13.7. The van der Waals surface area contributed by atoms with Crippen molar-refractivity contribution >= 4 is 17.4 Å². The van der Waals surface area contributed by atoms with Gasteiger partial charge in [0.05, 0.1) is 18.8 Å². The van der Waals surface area contributed by atoms with E-state index in [2.05, 4.69) is 34.0 Å². The van der Waals surface area contributed by atoms with Crippen molar-refractivity contribution in [1.29, 1.82) is 0 Å². The fourth-order valence-corrected chi connectivity index (χ4v) is 3.92. The number of pyridine rings is 1. The summed E-state index contributed by atoms with van der Waals surface area (Å²) in [6.45, 7) is 8.51. The zero-order valence-corrected chi connectivity index (χ0v) is 20.2. The summed E-state index contributed by atoms with van der Waals surface area (Å²) in [5.41, 5.74) is 3.42. The van der Waals surface area contributed by atoms with Crippen LogP contribution in [0, 0.1) is 12.7 Å². The zero-order valence-electron chi connectivity index (χ0n) is 20.2. The molecule has 2 heterocycles. The Morgan fingerprint density at radius 2 is 1.66 bits per heavy atom. The van der Waals surface area contributed by atoms with Crippen LogP contribution in [0.3, 0.4) is 0 Å². The molecular formula is C27H29FN6O. The van der Waals surface area contributed by atoms with Crippen LogP contribution in [0.1, 0.15) is 41.2 Å². The third-order valence-electron chi connectivity index (χ3n) is 5.98. The standard InChI is InChI=1S/C27H29FN6O/c1-4-32(5-2)25-16-11-22(17-29-25)18-33(24-14-12-23(28)13-15-24)27(35)26-20(3)34(31-30-26)19-21-9-7-6-8-10-21/h6-17H,4-5,18-19H2,1-3H3. The Labute approximate surface area is 204 Å². The second-order valence-electron chi connectivity index (χ2n) is 8.23. The molecule has 4 aromatic rings. The highest BCUT2D eigenvalue weighted by molar-refractivity contribution is 6.05. The fraction of sp³-hybridized carbons (Fsp3) is 0.259. The number of benzene rings is 2. The largest absolute Gasteiger partial charge is 0.357 e. The second kappa shape index (κ2) is 10.9. The highest BCUT2D eigenvalue weighted by atomic mass is 19.1. The number of hydrogen-bond acceptors (Lipinski definition) is 5. The van der Waals surface area contributed by atoms with E-state index < -0.39 is 0 Å². The smallest absolute Gasteiger partial charge is 0.281 e. The van der Waals surface area contributed by atoms with Gasteiger partial charge in [0.15, 0.2) is 5.69 Å². The Morgan fingerprint density at radius 3 is 2.29 bits per heavy atom. The highest BCUT2D eigenvalue weighted by Gasteiger charge is 2.24. The summed E-state index contributed by atoms with van der Waals surface area (Å²) in [6, 6.07) is 19.7. The lowest BCUT2D eigenvalue weighted by Crippen LogP contribution is -2.31. The van der Waals surface area contributed by atoms with Crippen LogP contribution in [0.5, 0.6) is 0 Å². The minimum atomic E-state index is -0.364. The van der Waals surface area contributed by atoms with Crippen molar-refractivity contribution in [3.05, 3.63) is 101 Å². The lowest BCUT2D eigenvalue weighted by molar-refractivity contribution is 0.0979. The first-order valence-corrected chi connectivity index (χ1v) is 11.7. The summed E-state index contributed by atoms with van der Waals surface area (Å²) in [4.78, 5) is 22.0. The number of amides is 1. The van der Waals surface area contributed by atoms with E-state index in [1.807, 2.05) is 49.4 Å². The van der Waals surface area contributed by atoms with E-state index in [9.17, 15) is 9.18 Å². The van der Waals surface area contributed by atoms with E-state index >= 15 is 0 Å². The SMILES string of the molecule is CCN(CC)c1ccc(CN(C(=O)c2nnn(Cc3ccccc3)c2C)c2ccc(F)cc2)cn1. The maximum atomic E-state index is 13.7. The molecule has 0 saturated heterocycles. The van der Waals surface area contributed by atoms with Gasteiger partial charge in [-0.25, -0.2) is 14.1 Å². The number of rotatable bonds is 9. The van der Waals surface area contributed by atoms with Crippen molar-refractivity contribution in [1.82, 2.24) is 20.0 Å². The van der Waals surface area contributed by atoms with Gasteiger partial charge in [0.1, 0.15) is 11.6 Å². The summed E-state index contributed by atoms with van der Waals surface area (Å²) in [7, 11) is 0. The van der Waals surface area contributed by atoms with Crippen LogP contribution < -0.4 is 9.80 Å². The minimum absolute atomic E-state index is 0.262. The maximum Gasteiger partial charge on any atom is 0.281 e. The molecule has 180 valence electrons. The second-order valence-corrected chi connectivity index (χ2v) is 8.23. The quantitative estimate of drug-likeness (QED) is 0.348. The first kappa shape index (κ1) is 24.1. The molecule has 1 amide bonds. The van der Waals surface area contributed by atoms with E-state index in [0.29, 0.717) is 17.9 Å². The van der Waals surface area contributed by atoms with Gasteiger partial charge in [-0.15, -0.1) is 5.10 Å². The molecule has 0 fully saturated rings. The molecular weight excluding hydrogens is 443 g/mol. The van der Waals surface area contributed by atoms with Gasteiger partial charge in [-0.3, -0.25) is 4.79 Å². The summed E-state index contributed by atoms with van der Waals surface area (Å²) in [5, 5.41) is 8.42. The molecule has 0 aliphatic rings. The number of anilines is 2. The number of aromatic nitrogens is 4. The minimum Gasteiger partial charge on any atom is -0.357 e. The lowest BCUT2D eigenvalue weighted by Gasteiger charge is -2.23. The third kappa shape index (κ3) is 5.54. The van der Waals surface area contributed by atoms with Crippen LogP contribution in [0.2, 0.25) is 0 Å². The van der Waals surface area contributed by atoms with Gasteiger partial charge in [-0.1, -0.05) is 41.6 Å². The molecule has 0 aliphatic carbocycles. The number of nitrogens with zero attached hydrogens (tertiary/aromatic N) is 6. The van der Waals surface area contributed by atoms with E-state index in [-0.39, 0.29) is 24.0 Å². The Balaban J connectivity index is 1.62. The van der Waals surface area contributed by atoms with Crippen molar-refractivity contribution in [3.8, 4) is 0 Å². The first-order valence-electron chi connectivity index (χ1n) is 11.7. The molecule has 4 rings (SSSR count). The van der Waals surface area contributed by atoms with Gasteiger partial charge in [0.25, 0.3) is 5.91 Å². The fourth-order valence-electron chi connectivity index (χ4n) is 3.92. The van der Waals surface area contributed by atoms with Crippen molar-refractivity contribution in [2.75, 3.05) is 22.9 Å². The average molecular weight is 473 g/mol. The number of halogens is 1. The molecule has 0 aliphatic heterocycles. The molecule has 2 aromatic carbocycles. The summed E-state index contributed by atoms with van der Waals surface area (Å²) in [6.07, 6.45) is 1.77. The molecule has 2 aromatic heterocycles. The van der Waals surface area contributed by atoms with Gasteiger partial charge < -0.3 is 9.80 Å². The molecule has 0 unspecified atom stereocenters. The zero-order chi connectivity index (χ0) is 24.8. The van der Waals surface area contributed by atoms with Crippen LogP contribution >= 0.6 is 0 Å². The Morgan fingerprint density at radius 1 is 0.943 bits per heavy atom. The lowest BCUT2D eigenvalue weighted by atomic mass is 10.2. The molecule has 0 bridgehead atoms. The topological polar surface area (TPSA) is 67.2 Å². The van der Waals surface area contributed by atoms with Gasteiger partial charge in [0.2, 0.25) is 0 Å². The molecule has 0 radical (unpaired) electrons. The predicted octanol–water partition coefficient (Wildman–Crippen LogP) is 4.86. The molecule has 0 saturated carbocycles. The molecule has 0 atom stereocenters. The van der Waals surface area contributed by atoms with Gasteiger partial charge in [-0.05, 0) is 62.2 Å². The Bertz CT molecular complexity index is 1250. The van der Waals surface area contributed by atoms with E-state index in [4.69, 9.17) is 0 Å². The van der Waals surface area contributed by atoms with Crippen molar-refractivity contribution in [2.45, 2.75) is 33.9 Å².